The predicted molar refractivity (Wildman–Crippen MR) is 81.2 cm³/mol. The van der Waals surface area contributed by atoms with Gasteiger partial charge in [-0.25, -0.2) is 0 Å². The van der Waals surface area contributed by atoms with Crippen molar-refractivity contribution < 1.29 is 4.79 Å². The van der Waals surface area contributed by atoms with Crippen molar-refractivity contribution in [2.24, 2.45) is 0 Å². The number of aromatic nitrogens is 1. The topological polar surface area (TPSA) is 54.0 Å². The molecule has 4 nitrogen and oxygen atoms in total. The Balaban J connectivity index is 1.46. The third-order valence-electron chi connectivity index (χ3n) is 4.14. The summed E-state index contributed by atoms with van der Waals surface area (Å²) in [4.78, 5) is 14.1. The molecule has 2 aliphatic heterocycles. The molecule has 20 heavy (non-hydrogen) atoms. The van der Waals surface area contributed by atoms with Crippen LogP contribution in [-0.4, -0.2) is 28.4 Å². The van der Waals surface area contributed by atoms with Gasteiger partial charge in [-0.15, -0.1) is 11.3 Å². The molecule has 4 rings (SSSR count). The van der Waals surface area contributed by atoms with Gasteiger partial charge in [0.25, 0.3) is 5.91 Å². The maximum atomic E-state index is 12.3. The summed E-state index contributed by atoms with van der Waals surface area (Å²) in [5.41, 5.74) is 0.959. The molecule has 2 N–H and O–H groups in total. The van der Waals surface area contributed by atoms with Crippen molar-refractivity contribution in [2.45, 2.75) is 37.4 Å². The van der Waals surface area contributed by atoms with Crippen LogP contribution in [0.15, 0.2) is 23.6 Å². The van der Waals surface area contributed by atoms with Crippen molar-refractivity contribution in [3.63, 3.8) is 0 Å². The van der Waals surface area contributed by atoms with Crippen molar-refractivity contribution in [2.75, 3.05) is 0 Å². The first kappa shape index (κ1) is 12.5. The van der Waals surface area contributed by atoms with Gasteiger partial charge < -0.3 is 10.6 Å². The highest BCUT2D eigenvalue weighted by molar-refractivity contribution is 7.17. The van der Waals surface area contributed by atoms with Crippen molar-refractivity contribution in [3.8, 4) is 10.6 Å². The molecule has 0 spiro atoms. The molecule has 0 unspecified atom stereocenters. The molecular formula is C14H15N3OS2. The van der Waals surface area contributed by atoms with Crippen molar-refractivity contribution >= 4 is 28.8 Å². The maximum Gasteiger partial charge on any atom is 0.261 e. The maximum absolute atomic E-state index is 12.3. The van der Waals surface area contributed by atoms with Crippen molar-refractivity contribution in [3.05, 3.63) is 28.5 Å². The van der Waals surface area contributed by atoms with Gasteiger partial charge in [0.1, 0.15) is 0 Å². The number of amides is 1. The first-order valence-electron chi connectivity index (χ1n) is 6.87. The summed E-state index contributed by atoms with van der Waals surface area (Å²) in [6.07, 6.45) is 3.51. The Hall–Kier alpha value is -1.24. The number of carbonyl (C=O) groups is 1. The number of nitrogens with zero attached hydrogens (tertiary/aromatic N) is 1. The Kier molecular flexibility index (Phi) is 3.09. The molecule has 0 aromatic carbocycles. The minimum atomic E-state index is 0.0517. The minimum Gasteiger partial charge on any atom is -0.347 e. The van der Waals surface area contributed by atoms with E-state index in [4.69, 9.17) is 0 Å². The molecule has 2 aromatic heterocycles. The SMILES string of the molecule is O=C(N[C@@H]1C[C@H]2CC[C@@H]1N2)c1ccc(-c2ccsn2)s1. The third-order valence-corrected chi connectivity index (χ3v) is 5.80. The number of rotatable bonds is 3. The average Bonchev–Trinajstić information content (AvgIpc) is 3.21. The first-order valence-corrected chi connectivity index (χ1v) is 8.52. The van der Waals surface area contributed by atoms with Gasteiger partial charge >= 0.3 is 0 Å². The van der Waals surface area contributed by atoms with Crippen LogP contribution in [0.1, 0.15) is 28.9 Å². The first-order chi connectivity index (χ1) is 9.79. The molecule has 4 heterocycles. The Morgan fingerprint density at radius 3 is 3.00 bits per heavy atom. The van der Waals surface area contributed by atoms with Crippen molar-refractivity contribution in [1.82, 2.24) is 15.0 Å². The van der Waals surface area contributed by atoms with Crippen LogP contribution in [0.25, 0.3) is 10.6 Å². The van der Waals surface area contributed by atoms with Crippen LogP contribution >= 0.6 is 22.9 Å². The molecule has 0 radical (unpaired) electrons. The monoisotopic (exact) mass is 305 g/mol. The van der Waals surface area contributed by atoms with Gasteiger partial charge in [-0.1, -0.05) is 0 Å². The molecule has 1 amide bonds. The molecule has 2 saturated heterocycles. The number of hydrogen-bond acceptors (Lipinski definition) is 5. The molecule has 0 saturated carbocycles. The number of hydrogen-bond donors (Lipinski definition) is 2. The van der Waals surface area contributed by atoms with E-state index >= 15 is 0 Å². The molecular weight excluding hydrogens is 290 g/mol. The van der Waals surface area contributed by atoms with Crippen LogP contribution in [0.5, 0.6) is 0 Å². The van der Waals surface area contributed by atoms with Gasteiger partial charge in [-0.05, 0) is 49.0 Å². The summed E-state index contributed by atoms with van der Waals surface area (Å²) in [5, 5.41) is 8.67. The van der Waals surface area contributed by atoms with Crippen molar-refractivity contribution in [1.29, 1.82) is 0 Å². The highest BCUT2D eigenvalue weighted by Gasteiger charge is 2.39. The van der Waals surface area contributed by atoms with Crippen LogP contribution in [0, 0.1) is 0 Å². The van der Waals surface area contributed by atoms with Crippen LogP contribution in [0.3, 0.4) is 0 Å². The van der Waals surface area contributed by atoms with Gasteiger partial charge in [-0.3, -0.25) is 4.79 Å². The van der Waals surface area contributed by atoms with E-state index in [2.05, 4.69) is 15.0 Å². The van der Waals surface area contributed by atoms with Gasteiger partial charge in [0.15, 0.2) is 0 Å². The zero-order valence-corrected chi connectivity index (χ0v) is 12.5. The molecule has 2 aliphatic rings. The number of nitrogens with one attached hydrogen (secondary N) is 2. The average molecular weight is 305 g/mol. The number of thiophene rings is 1. The standard InChI is InChI=1S/C14H15N3OS2/c18-14(16-11-7-8-1-2-9(11)15-8)13-4-3-12(20-13)10-5-6-19-17-10/h3-6,8-9,11,15H,1-2,7H2,(H,16,18)/t8-,9+,11-/m1/s1. The van der Waals surface area contributed by atoms with Crippen LogP contribution in [-0.2, 0) is 0 Å². The lowest BCUT2D eigenvalue weighted by Crippen LogP contribution is -2.42. The van der Waals surface area contributed by atoms with E-state index < -0.39 is 0 Å². The Labute approximate surface area is 125 Å². The van der Waals surface area contributed by atoms with Gasteiger partial charge in [-0.2, -0.15) is 4.37 Å². The smallest absolute Gasteiger partial charge is 0.261 e. The molecule has 104 valence electrons. The van der Waals surface area contributed by atoms with E-state index in [1.807, 2.05) is 23.6 Å². The molecule has 3 atom stereocenters. The van der Waals surface area contributed by atoms with Crippen LogP contribution < -0.4 is 10.6 Å². The fraction of sp³-hybridized carbons (Fsp3) is 0.429. The second-order valence-corrected chi connectivity index (χ2v) is 7.16. The highest BCUT2D eigenvalue weighted by Crippen LogP contribution is 2.30. The molecule has 6 heteroatoms. The van der Waals surface area contributed by atoms with Crippen LogP contribution in [0.4, 0.5) is 0 Å². The zero-order valence-electron chi connectivity index (χ0n) is 10.8. The molecule has 2 fully saturated rings. The van der Waals surface area contributed by atoms with E-state index in [1.54, 1.807) is 0 Å². The van der Waals surface area contributed by atoms with E-state index in [0.29, 0.717) is 18.1 Å². The fourth-order valence-electron chi connectivity index (χ4n) is 3.16. The largest absolute Gasteiger partial charge is 0.347 e. The molecule has 0 aliphatic carbocycles. The summed E-state index contributed by atoms with van der Waals surface area (Å²) >= 11 is 2.95. The summed E-state index contributed by atoms with van der Waals surface area (Å²) in [7, 11) is 0. The quantitative estimate of drug-likeness (QED) is 0.916. The summed E-state index contributed by atoms with van der Waals surface area (Å²) < 4.78 is 4.30. The van der Waals surface area contributed by atoms with Gasteiger partial charge in [0.2, 0.25) is 0 Å². The van der Waals surface area contributed by atoms with E-state index in [9.17, 15) is 4.79 Å². The normalized spacial score (nSPS) is 27.9. The lowest BCUT2D eigenvalue weighted by atomic mass is 9.95. The summed E-state index contributed by atoms with van der Waals surface area (Å²) in [6.45, 7) is 0. The lowest BCUT2D eigenvalue weighted by Gasteiger charge is -2.20. The van der Waals surface area contributed by atoms with E-state index in [1.165, 1.54) is 35.7 Å². The predicted octanol–water partition coefficient (Wildman–Crippen LogP) is 2.49. The van der Waals surface area contributed by atoms with E-state index in [0.717, 1.165) is 21.9 Å². The number of fused-ring (bicyclic) bond motifs is 2. The third kappa shape index (κ3) is 2.17. The Morgan fingerprint density at radius 2 is 2.30 bits per heavy atom. The summed E-state index contributed by atoms with van der Waals surface area (Å²) in [6, 6.07) is 7.24. The van der Waals surface area contributed by atoms with E-state index in [-0.39, 0.29) is 5.91 Å². The fourth-order valence-corrected chi connectivity index (χ4v) is 4.62. The second-order valence-electron chi connectivity index (χ2n) is 5.41. The van der Waals surface area contributed by atoms with Gasteiger partial charge in [0.05, 0.1) is 15.4 Å². The minimum absolute atomic E-state index is 0.0517. The molecule has 2 aromatic rings. The molecule has 2 bridgehead atoms. The highest BCUT2D eigenvalue weighted by atomic mass is 32.1. The Bertz CT molecular complexity index is 622. The van der Waals surface area contributed by atoms with Crippen LogP contribution in [0.2, 0.25) is 0 Å². The summed E-state index contributed by atoms with van der Waals surface area (Å²) in [5.74, 6) is 0.0517. The number of carbonyl (C=O) groups excluding carboxylic acids is 1. The van der Waals surface area contributed by atoms with Gasteiger partial charge in [0, 0.05) is 23.5 Å². The Morgan fingerprint density at radius 1 is 1.35 bits per heavy atom. The zero-order chi connectivity index (χ0) is 13.5. The second kappa shape index (κ2) is 4.95. The lowest BCUT2D eigenvalue weighted by molar-refractivity contribution is 0.0935.